The molecule has 0 saturated heterocycles. The number of nitrogens with zero attached hydrogens (tertiary/aromatic N) is 4. The Kier molecular flexibility index (Phi) is 3.56. The molecular weight excluding hydrogens is 248 g/mol. The molecule has 0 saturated carbocycles. The Morgan fingerprint density at radius 3 is 2.61 bits per heavy atom. The molecule has 0 N–H and O–H groups in total. The highest BCUT2D eigenvalue weighted by Gasteiger charge is 2.19. The van der Waals surface area contributed by atoms with Gasteiger partial charge in [0, 0.05) is 13.5 Å². The van der Waals surface area contributed by atoms with Gasteiger partial charge in [-0.05, 0) is 20.3 Å². The van der Waals surface area contributed by atoms with E-state index in [9.17, 15) is 4.79 Å². The third-order valence-electron chi connectivity index (χ3n) is 2.71. The monoisotopic (exact) mass is 264 g/mol. The molecule has 0 atom stereocenters. The fraction of sp³-hybridized carbons (Fsp3) is 0.500. The molecule has 0 spiro atoms. The molecule has 0 aliphatic heterocycles. The van der Waals surface area contributed by atoms with E-state index in [1.54, 1.807) is 15.9 Å². The van der Waals surface area contributed by atoms with Crippen LogP contribution in [0.5, 0.6) is 0 Å². The second-order valence-electron chi connectivity index (χ2n) is 4.23. The van der Waals surface area contributed by atoms with Gasteiger partial charge in [0.2, 0.25) is 0 Å². The van der Waals surface area contributed by atoms with Crippen LogP contribution in [-0.4, -0.2) is 25.5 Å². The number of aryl methyl sites for hydroxylation is 2. The average molecular weight is 264 g/mol. The van der Waals surface area contributed by atoms with Gasteiger partial charge in [0.25, 0.3) is 0 Å². The minimum atomic E-state index is 0.0395. The molecule has 0 unspecified atom stereocenters. The summed E-state index contributed by atoms with van der Waals surface area (Å²) in [5.41, 5.74) is 0.933. The third-order valence-corrected chi connectivity index (χ3v) is 3.78. The Morgan fingerprint density at radius 1 is 1.33 bits per heavy atom. The van der Waals surface area contributed by atoms with E-state index in [0.29, 0.717) is 12.2 Å². The molecule has 0 amide bonds. The maximum absolute atomic E-state index is 11.9. The molecule has 0 fully saturated rings. The van der Waals surface area contributed by atoms with Crippen molar-refractivity contribution >= 4 is 17.1 Å². The molecule has 0 radical (unpaired) electrons. The van der Waals surface area contributed by atoms with Crippen LogP contribution < -0.4 is 0 Å². The SMILES string of the molecule is CCCC(=O)c1nnc(-c2sc(C)nc2C)n1C. The maximum Gasteiger partial charge on any atom is 0.200 e. The van der Waals surface area contributed by atoms with Crippen LogP contribution in [0.1, 0.15) is 41.1 Å². The van der Waals surface area contributed by atoms with Crippen LogP contribution in [0.4, 0.5) is 0 Å². The van der Waals surface area contributed by atoms with E-state index in [1.807, 2.05) is 27.8 Å². The summed E-state index contributed by atoms with van der Waals surface area (Å²) in [6.07, 6.45) is 1.33. The van der Waals surface area contributed by atoms with E-state index in [0.717, 1.165) is 27.8 Å². The molecule has 0 aliphatic rings. The van der Waals surface area contributed by atoms with Gasteiger partial charge in [-0.2, -0.15) is 0 Å². The lowest BCUT2D eigenvalue weighted by atomic mass is 10.2. The van der Waals surface area contributed by atoms with Crippen LogP contribution in [0.25, 0.3) is 10.7 Å². The lowest BCUT2D eigenvalue weighted by Crippen LogP contribution is -2.07. The largest absolute Gasteiger partial charge is 0.307 e. The van der Waals surface area contributed by atoms with Crippen LogP contribution in [0, 0.1) is 13.8 Å². The van der Waals surface area contributed by atoms with Crippen molar-refractivity contribution < 1.29 is 4.79 Å². The Hall–Kier alpha value is -1.56. The molecule has 18 heavy (non-hydrogen) atoms. The molecule has 5 nitrogen and oxygen atoms in total. The van der Waals surface area contributed by atoms with Gasteiger partial charge in [-0.3, -0.25) is 4.79 Å². The average Bonchev–Trinajstić information content (AvgIpc) is 2.82. The van der Waals surface area contributed by atoms with Gasteiger partial charge in [-0.1, -0.05) is 6.92 Å². The van der Waals surface area contributed by atoms with Gasteiger partial charge in [0.15, 0.2) is 17.4 Å². The number of carbonyl (C=O) groups is 1. The first-order valence-electron chi connectivity index (χ1n) is 5.91. The van der Waals surface area contributed by atoms with E-state index < -0.39 is 0 Å². The Morgan fingerprint density at radius 2 is 2.06 bits per heavy atom. The van der Waals surface area contributed by atoms with E-state index in [4.69, 9.17) is 0 Å². The van der Waals surface area contributed by atoms with Gasteiger partial charge in [0.1, 0.15) is 0 Å². The zero-order valence-electron chi connectivity index (χ0n) is 11.0. The number of ketones is 1. The quantitative estimate of drug-likeness (QED) is 0.796. The Balaban J connectivity index is 2.42. The van der Waals surface area contributed by atoms with Gasteiger partial charge in [0.05, 0.1) is 15.6 Å². The lowest BCUT2D eigenvalue weighted by molar-refractivity contribution is 0.0968. The van der Waals surface area contributed by atoms with Crippen molar-refractivity contribution in [2.24, 2.45) is 7.05 Å². The summed E-state index contributed by atoms with van der Waals surface area (Å²) in [5, 5.41) is 9.12. The first-order valence-corrected chi connectivity index (χ1v) is 6.73. The van der Waals surface area contributed by atoms with Gasteiger partial charge >= 0.3 is 0 Å². The topological polar surface area (TPSA) is 60.7 Å². The summed E-state index contributed by atoms with van der Waals surface area (Å²) >= 11 is 1.57. The minimum absolute atomic E-state index is 0.0395. The normalized spacial score (nSPS) is 10.9. The highest BCUT2D eigenvalue weighted by atomic mass is 32.1. The highest BCUT2D eigenvalue weighted by molar-refractivity contribution is 7.15. The van der Waals surface area contributed by atoms with Crippen molar-refractivity contribution in [3.8, 4) is 10.7 Å². The van der Waals surface area contributed by atoms with Crippen LogP contribution in [-0.2, 0) is 7.05 Å². The molecule has 2 aromatic rings. The van der Waals surface area contributed by atoms with Crippen LogP contribution in [0.15, 0.2) is 0 Å². The molecule has 0 bridgehead atoms. The van der Waals surface area contributed by atoms with Crippen molar-refractivity contribution in [1.29, 1.82) is 0 Å². The minimum Gasteiger partial charge on any atom is -0.307 e. The van der Waals surface area contributed by atoms with Crippen LogP contribution in [0.2, 0.25) is 0 Å². The number of hydrogen-bond donors (Lipinski definition) is 0. The van der Waals surface area contributed by atoms with Gasteiger partial charge in [-0.25, -0.2) is 4.98 Å². The van der Waals surface area contributed by atoms with Crippen molar-refractivity contribution in [2.45, 2.75) is 33.6 Å². The molecule has 0 aliphatic carbocycles. The van der Waals surface area contributed by atoms with Crippen molar-refractivity contribution in [2.75, 3.05) is 0 Å². The summed E-state index contributed by atoms with van der Waals surface area (Å²) < 4.78 is 1.76. The number of thiazole rings is 1. The van der Waals surface area contributed by atoms with Crippen LogP contribution >= 0.6 is 11.3 Å². The second-order valence-corrected chi connectivity index (χ2v) is 5.43. The maximum atomic E-state index is 11.9. The molecule has 6 heteroatoms. The number of rotatable bonds is 4. The first-order chi connectivity index (χ1) is 8.54. The number of hydrogen-bond acceptors (Lipinski definition) is 5. The molecule has 2 heterocycles. The molecule has 2 aromatic heterocycles. The smallest absolute Gasteiger partial charge is 0.200 e. The summed E-state index contributed by atoms with van der Waals surface area (Å²) in [5.74, 6) is 1.19. The standard InChI is InChI=1S/C12H16N4OS/c1-5-6-9(17)11-14-15-12(16(11)4)10-7(2)13-8(3)18-10/h5-6H2,1-4H3. The summed E-state index contributed by atoms with van der Waals surface area (Å²) in [6.45, 7) is 5.88. The zero-order chi connectivity index (χ0) is 13.3. The summed E-state index contributed by atoms with van der Waals surface area (Å²) in [6, 6.07) is 0. The van der Waals surface area contributed by atoms with E-state index in [1.165, 1.54) is 0 Å². The zero-order valence-corrected chi connectivity index (χ0v) is 11.8. The second kappa shape index (κ2) is 4.97. The van der Waals surface area contributed by atoms with Crippen molar-refractivity contribution in [3.63, 3.8) is 0 Å². The lowest BCUT2D eigenvalue weighted by Gasteiger charge is -2.01. The van der Waals surface area contributed by atoms with Crippen molar-refractivity contribution in [3.05, 3.63) is 16.5 Å². The predicted molar refractivity (Wildman–Crippen MR) is 70.8 cm³/mol. The fourth-order valence-corrected chi connectivity index (χ4v) is 2.79. The van der Waals surface area contributed by atoms with Crippen LogP contribution in [0.3, 0.4) is 0 Å². The highest BCUT2D eigenvalue weighted by Crippen LogP contribution is 2.28. The summed E-state index contributed by atoms with van der Waals surface area (Å²) in [4.78, 5) is 17.2. The summed E-state index contributed by atoms with van der Waals surface area (Å²) in [7, 11) is 1.83. The van der Waals surface area contributed by atoms with Gasteiger partial charge in [-0.15, -0.1) is 21.5 Å². The molecule has 0 aromatic carbocycles. The Labute approximate surface area is 110 Å². The number of Topliss-reactive ketones (excluding diaryl/α,β-unsaturated/α-hetero) is 1. The number of aromatic nitrogens is 4. The number of carbonyl (C=O) groups excluding carboxylic acids is 1. The van der Waals surface area contributed by atoms with E-state index >= 15 is 0 Å². The van der Waals surface area contributed by atoms with Crippen molar-refractivity contribution in [1.82, 2.24) is 19.7 Å². The van der Waals surface area contributed by atoms with Gasteiger partial charge < -0.3 is 4.57 Å². The Bertz CT molecular complexity index is 585. The molecule has 96 valence electrons. The third kappa shape index (κ3) is 2.20. The first kappa shape index (κ1) is 12.9. The molecular formula is C12H16N4OS. The fourth-order valence-electron chi connectivity index (χ4n) is 1.85. The predicted octanol–water partition coefficient (Wildman–Crippen LogP) is 2.54. The van der Waals surface area contributed by atoms with E-state index in [2.05, 4.69) is 15.2 Å². The van der Waals surface area contributed by atoms with E-state index in [-0.39, 0.29) is 5.78 Å². The molecule has 2 rings (SSSR count).